The smallest absolute Gasteiger partial charge is 0.282 e. The molecule has 0 N–H and O–H groups in total. The van der Waals surface area contributed by atoms with Gasteiger partial charge in [0.1, 0.15) is 12.4 Å². The van der Waals surface area contributed by atoms with Crippen LogP contribution in [0.15, 0.2) is 82.7 Å². The summed E-state index contributed by atoms with van der Waals surface area (Å²) in [7, 11) is 1.60. The van der Waals surface area contributed by atoms with Gasteiger partial charge < -0.3 is 9.47 Å². The van der Waals surface area contributed by atoms with Crippen molar-refractivity contribution in [2.24, 2.45) is 5.10 Å². The maximum Gasteiger partial charge on any atom is 0.282 e. The largest absolute Gasteiger partial charge is 0.493 e. The zero-order valence-corrected chi connectivity index (χ0v) is 16.8. The Morgan fingerprint density at radius 2 is 1.77 bits per heavy atom. The quantitative estimate of drug-likeness (QED) is 0.456. The van der Waals surface area contributed by atoms with E-state index >= 15 is 0 Å². The molecular weight excluding hydrogens is 378 g/mol. The highest BCUT2D eigenvalue weighted by Crippen LogP contribution is 2.28. The second-order valence-electron chi connectivity index (χ2n) is 6.72. The predicted molar refractivity (Wildman–Crippen MR) is 118 cm³/mol. The number of hydrogen-bond donors (Lipinski definition) is 0. The first-order chi connectivity index (χ1) is 14.7. The number of ether oxygens (including phenoxy) is 2. The van der Waals surface area contributed by atoms with E-state index in [2.05, 4.69) is 10.1 Å². The van der Waals surface area contributed by atoms with Crippen LogP contribution in [0.3, 0.4) is 0 Å². The molecule has 0 spiro atoms. The molecule has 150 valence electrons. The molecule has 0 saturated carbocycles. The number of aryl methyl sites for hydroxylation is 1. The van der Waals surface area contributed by atoms with Crippen molar-refractivity contribution in [2.45, 2.75) is 13.5 Å². The number of fused-ring (bicyclic) bond motifs is 1. The molecule has 0 aliphatic carbocycles. The molecule has 1 heterocycles. The van der Waals surface area contributed by atoms with Crippen LogP contribution in [0, 0.1) is 6.92 Å². The van der Waals surface area contributed by atoms with E-state index in [1.165, 1.54) is 4.68 Å². The average Bonchev–Trinajstić information content (AvgIpc) is 2.78. The average molecular weight is 399 g/mol. The molecule has 6 heteroatoms. The van der Waals surface area contributed by atoms with Gasteiger partial charge in [-0.05, 0) is 48.4 Å². The van der Waals surface area contributed by atoms with Crippen molar-refractivity contribution in [3.8, 4) is 11.5 Å². The highest BCUT2D eigenvalue weighted by atomic mass is 16.5. The SMILES string of the molecule is COc1ccc(/C=N/n2c(C)nc3ccccc3c2=O)cc1OCc1ccccc1. The van der Waals surface area contributed by atoms with Crippen molar-refractivity contribution in [1.82, 2.24) is 9.66 Å². The van der Waals surface area contributed by atoms with Crippen molar-refractivity contribution in [1.29, 1.82) is 0 Å². The fraction of sp³-hybridized carbons (Fsp3) is 0.125. The molecule has 0 aliphatic rings. The maximum absolute atomic E-state index is 12.8. The van der Waals surface area contributed by atoms with Crippen LogP contribution in [0.4, 0.5) is 0 Å². The first kappa shape index (κ1) is 19.4. The van der Waals surface area contributed by atoms with Crippen molar-refractivity contribution >= 4 is 17.1 Å². The summed E-state index contributed by atoms with van der Waals surface area (Å²) < 4.78 is 12.7. The zero-order valence-electron chi connectivity index (χ0n) is 16.8. The maximum atomic E-state index is 12.8. The molecule has 4 rings (SSSR count). The van der Waals surface area contributed by atoms with E-state index in [0.29, 0.717) is 34.8 Å². The van der Waals surface area contributed by atoms with Crippen LogP contribution in [0.1, 0.15) is 17.0 Å². The molecule has 0 radical (unpaired) electrons. The van der Waals surface area contributed by atoms with Gasteiger partial charge in [0, 0.05) is 0 Å². The number of para-hydroxylation sites is 1. The van der Waals surface area contributed by atoms with Crippen LogP contribution in [0.2, 0.25) is 0 Å². The van der Waals surface area contributed by atoms with Gasteiger partial charge in [0.05, 0.1) is 24.2 Å². The lowest BCUT2D eigenvalue weighted by atomic mass is 10.2. The molecule has 0 unspecified atom stereocenters. The van der Waals surface area contributed by atoms with Gasteiger partial charge in [-0.3, -0.25) is 4.79 Å². The van der Waals surface area contributed by atoms with Crippen LogP contribution >= 0.6 is 0 Å². The van der Waals surface area contributed by atoms with E-state index in [4.69, 9.17) is 9.47 Å². The third-order valence-corrected chi connectivity index (χ3v) is 4.66. The van der Waals surface area contributed by atoms with E-state index in [1.807, 2.05) is 66.7 Å². The molecule has 0 fully saturated rings. The zero-order chi connectivity index (χ0) is 20.9. The summed E-state index contributed by atoms with van der Waals surface area (Å²) in [6, 6.07) is 22.6. The van der Waals surface area contributed by atoms with Crippen LogP contribution in [0.25, 0.3) is 10.9 Å². The molecule has 4 aromatic rings. The van der Waals surface area contributed by atoms with E-state index in [1.54, 1.807) is 26.3 Å². The molecule has 0 saturated heterocycles. The van der Waals surface area contributed by atoms with Gasteiger partial charge in [0.25, 0.3) is 5.56 Å². The van der Waals surface area contributed by atoms with Crippen molar-refractivity contribution < 1.29 is 9.47 Å². The summed E-state index contributed by atoms with van der Waals surface area (Å²) in [6.45, 7) is 2.18. The Morgan fingerprint density at radius 3 is 2.57 bits per heavy atom. The lowest BCUT2D eigenvalue weighted by molar-refractivity contribution is 0.284. The number of rotatable bonds is 6. The van der Waals surface area contributed by atoms with E-state index < -0.39 is 0 Å². The fourth-order valence-electron chi connectivity index (χ4n) is 3.12. The van der Waals surface area contributed by atoms with Gasteiger partial charge in [0.2, 0.25) is 0 Å². The number of aromatic nitrogens is 2. The number of benzene rings is 3. The second-order valence-corrected chi connectivity index (χ2v) is 6.72. The van der Waals surface area contributed by atoms with Gasteiger partial charge in [0.15, 0.2) is 11.5 Å². The van der Waals surface area contributed by atoms with Crippen LogP contribution in [-0.4, -0.2) is 23.0 Å². The fourth-order valence-corrected chi connectivity index (χ4v) is 3.12. The predicted octanol–water partition coefficient (Wildman–Crippen LogP) is 4.17. The molecule has 0 aliphatic heterocycles. The summed E-state index contributed by atoms with van der Waals surface area (Å²) >= 11 is 0. The van der Waals surface area contributed by atoms with Crippen LogP contribution in [-0.2, 0) is 6.61 Å². The molecule has 30 heavy (non-hydrogen) atoms. The Labute approximate surface area is 174 Å². The topological polar surface area (TPSA) is 65.7 Å². The van der Waals surface area contributed by atoms with Crippen molar-refractivity contribution in [2.75, 3.05) is 7.11 Å². The molecule has 0 amide bonds. The molecule has 6 nitrogen and oxygen atoms in total. The van der Waals surface area contributed by atoms with Gasteiger partial charge in [-0.25, -0.2) is 4.98 Å². The lowest BCUT2D eigenvalue weighted by Gasteiger charge is -2.11. The van der Waals surface area contributed by atoms with Crippen LogP contribution in [0.5, 0.6) is 11.5 Å². The Morgan fingerprint density at radius 1 is 1.00 bits per heavy atom. The minimum absolute atomic E-state index is 0.205. The summed E-state index contributed by atoms with van der Waals surface area (Å²) in [6.07, 6.45) is 1.61. The first-order valence-corrected chi connectivity index (χ1v) is 9.53. The summed E-state index contributed by atoms with van der Waals surface area (Å²) in [5, 5.41) is 4.89. The number of methoxy groups -OCH3 is 1. The Bertz CT molecular complexity index is 1260. The van der Waals surface area contributed by atoms with E-state index in [-0.39, 0.29) is 5.56 Å². The van der Waals surface area contributed by atoms with Crippen molar-refractivity contribution in [3.05, 3.63) is 100 Å². The summed E-state index contributed by atoms with van der Waals surface area (Å²) in [5.41, 5.74) is 2.29. The number of hydrogen-bond acceptors (Lipinski definition) is 5. The van der Waals surface area contributed by atoms with Gasteiger partial charge >= 0.3 is 0 Å². The van der Waals surface area contributed by atoms with Crippen LogP contribution < -0.4 is 15.0 Å². The Kier molecular flexibility index (Phi) is 5.57. The standard InChI is InChI=1S/C24H21N3O3/c1-17-26-21-11-7-6-10-20(21)24(28)27(17)25-15-19-12-13-22(29-2)23(14-19)30-16-18-8-4-3-5-9-18/h3-15H,16H2,1-2H3/b25-15+. The van der Waals surface area contributed by atoms with Gasteiger partial charge in [-0.15, -0.1) is 0 Å². The Balaban J connectivity index is 1.63. The second kappa shape index (κ2) is 8.61. The lowest BCUT2D eigenvalue weighted by Crippen LogP contribution is -2.20. The molecule has 3 aromatic carbocycles. The Hall–Kier alpha value is -3.93. The molecule has 0 atom stereocenters. The summed E-state index contributed by atoms with van der Waals surface area (Å²) in [5.74, 6) is 1.75. The summed E-state index contributed by atoms with van der Waals surface area (Å²) in [4.78, 5) is 17.2. The molecule has 1 aromatic heterocycles. The van der Waals surface area contributed by atoms with Gasteiger partial charge in [-0.2, -0.15) is 9.78 Å². The minimum atomic E-state index is -0.205. The monoisotopic (exact) mass is 399 g/mol. The third kappa shape index (κ3) is 4.07. The highest BCUT2D eigenvalue weighted by molar-refractivity contribution is 5.81. The first-order valence-electron chi connectivity index (χ1n) is 9.53. The number of nitrogens with zero attached hydrogens (tertiary/aromatic N) is 3. The van der Waals surface area contributed by atoms with Crippen molar-refractivity contribution in [3.63, 3.8) is 0 Å². The normalized spacial score (nSPS) is 11.1. The van der Waals surface area contributed by atoms with Gasteiger partial charge in [-0.1, -0.05) is 42.5 Å². The highest BCUT2D eigenvalue weighted by Gasteiger charge is 2.08. The van der Waals surface area contributed by atoms with E-state index in [9.17, 15) is 4.79 Å². The molecular formula is C24H21N3O3. The van der Waals surface area contributed by atoms with E-state index in [0.717, 1.165) is 11.1 Å². The minimum Gasteiger partial charge on any atom is -0.493 e. The molecule has 0 bridgehead atoms. The third-order valence-electron chi connectivity index (χ3n) is 4.66.